The molecule has 1 aromatic rings. The van der Waals surface area contributed by atoms with E-state index in [2.05, 4.69) is 5.32 Å². The molecule has 1 saturated heterocycles. The first kappa shape index (κ1) is 14.9. The van der Waals surface area contributed by atoms with Crippen molar-refractivity contribution < 1.29 is 14.3 Å². The number of nitrogens with zero attached hydrogens (tertiary/aromatic N) is 1. The van der Waals surface area contributed by atoms with E-state index in [1.165, 1.54) is 0 Å². The summed E-state index contributed by atoms with van der Waals surface area (Å²) in [5, 5.41) is 3.31. The van der Waals surface area contributed by atoms with Crippen LogP contribution in [0, 0.1) is 0 Å². The zero-order valence-corrected chi connectivity index (χ0v) is 12.2. The van der Waals surface area contributed by atoms with Gasteiger partial charge in [-0.05, 0) is 44.1 Å². The number of rotatable bonds is 2. The van der Waals surface area contributed by atoms with E-state index < -0.39 is 0 Å². The first-order valence-corrected chi connectivity index (χ1v) is 6.63. The van der Waals surface area contributed by atoms with Gasteiger partial charge in [0, 0.05) is 18.7 Å². The van der Waals surface area contributed by atoms with Crippen molar-refractivity contribution in [3.8, 4) is 11.5 Å². The Morgan fingerprint density at radius 3 is 2.70 bits per heavy atom. The van der Waals surface area contributed by atoms with E-state index in [-0.39, 0.29) is 25.1 Å². The summed E-state index contributed by atoms with van der Waals surface area (Å²) in [6.45, 7) is 2.18. The summed E-state index contributed by atoms with van der Waals surface area (Å²) in [6.07, 6.45) is 2.01. The average Bonchev–Trinajstić information content (AvgIpc) is 2.94. The third-order valence-electron chi connectivity index (χ3n) is 3.80. The largest absolute Gasteiger partial charge is 0.454 e. The molecule has 1 aromatic carbocycles. The van der Waals surface area contributed by atoms with Gasteiger partial charge in [0.15, 0.2) is 11.5 Å². The summed E-state index contributed by atoms with van der Waals surface area (Å²) in [7, 11) is 1.88. The van der Waals surface area contributed by atoms with Crippen molar-refractivity contribution in [2.24, 2.45) is 0 Å². The summed E-state index contributed by atoms with van der Waals surface area (Å²) in [6, 6.07) is 5.68. The number of amides is 1. The number of fused-ring (bicyclic) bond motifs is 1. The Hall–Kier alpha value is -1.46. The molecule has 1 amide bonds. The van der Waals surface area contributed by atoms with E-state index in [1.807, 2.05) is 11.9 Å². The van der Waals surface area contributed by atoms with Crippen molar-refractivity contribution in [1.29, 1.82) is 0 Å². The van der Waals surface area contributed by atoms with Crippen molar-refractivity contribution in [2.45, 2.75) is 18.9 Å². The minimum Gasteiger partial charge on any atom is -0.454 e. The second-order valence-electron chi connectivity index (χ2n) is 4.97. The van der Waals surface area contributed by atoms with E-state index in [0.29, 0.717) is 23.1 Å². The molecule has 0 radical (unpaired) electrons. The maximum absolute atomic E-state index is 12.5. The highest BCUT2D eigenvalue weighted by Gasteiger charge is 2.24. The van der Waals surface area contributed by atoms with Gasteiger partial charge in [-0.1, -0.05) is 0 Å². The maximum atomic E-state index is 12.5. The smallest absolute Gasteiger partial charge is 0.253 e. The lowest BCUT2D eigenvalue weighted by molar-refractivity contribution is 0.0703. The summed E-state index contributed by atoms with van der Waals surface area (Å²) in [4.78, 5) is 14.3. The molecule has 0 spiro atoms. The minimum absolute atomic E-state index is 0. The van der Waals surface area contributed by atoms with Gasteiger partial charge in [-0.2, -0.15) is 0 Å². The number of carbonyl (C=O) groups is 1. The van der Waals surface area contributed by atoms with Gasteiger partial charge in [-0.3, -0.25) is 4.79 Å². The number of halogens is 1. The van der Waals surface area contributed by atoms with Crippen molar-refractivity contribution in [2.75, 3.05) is 26.9 Å². The Morgan fingerprint density at radius 1 is 1.25 bits per heavy atom. The molecule has 0 bridgehead atoms. The third-order valence-corrected chi connectivity index (χ3v) is 3.80. The van der Waals surface area contributed by atoms with Gasteiger partial charge in [-0.15, -0.1) is 12.4 Å². The summed E-state index contributed by atoms with van der Waals surface area (Å²) in [5.74, 6) is 1.41. The quantitative estimate of drug-likeness (QED) is 0.902. The number of piperidine rings is 1. The second kappa shape index (κ2) is 6.33. The molecule has 0 aliphatic carbocycles. The molecule has 1 fully saturated rings. The molecule has 5 nitrogen and oxygen atoms in total. The van der Waals surface area contributed by atoms with Gasteiger partial charge in [-0.25, -0.2) is 0 Å². The molecule has 2 heterocycles. The Kier molecular flexibility index (Phi) is 4.73. The van der Waals surface area contributed by atoms with E-state index in [0.717, 1.165) is 25.9 Å². The number of hydrogen-bond donors (Lipinski definition) is 1. The fraction of sp³-hybridized carbons (Fsp3) is 0.500. The summed E-state index contributed by atoms with van der Waals surface area (Å²) >= 11 is 0. The summed E-state index contributed by atoms with van der Waals surface area (Å²) < 4.78 is 10.6. The minimum atomic E-state index is 0. The molecule has 0 aromatic heterocycles. The average molecular weight is 299 g/mol. The molecule has 0 atom stereocenters. The first-order valence-electron chi connectivity index (χ1n) is 6.63. The predicted octanol–water partition coefficient (Wildman–Crippen LogP) is 1.66. The number of benzene rings is 1. The topological polar surface area (TPSA) is 50.8 Å². The van der Waals surface area contributed by atoms with Gasteiger partial charge in [0.25, 0.3) is 5.91 Å². The Bertz CT molecular complexity index is 489. The van der Waals surface area contributed by atoms with Crippen LogP contribution in [0.5, 0.6) is 11.5 Å². The zero-order valence-electron chi connectivity index (χ0n) is 11.4. The number of nitrogens with one attached hydrogen (secondary N) is 1. The van der Waals surface area contributed by atoms with Gasteiger partial charge < -0.3 is 19.7 Å². The number of hydrogen-bond acceptors (Lipinski definition) is 4. The lowest BCUT2D eigenvalue weighted by Gasteiger charge is -2.31. The Labute approximate surface area is 124 Å². The van der Waals surface area contributed by atoms with Crippen molar-refractivity contribution >= 4 is 18.3 Å². The molecular weight excluding hydrogens is 280 g/mol. The van der Waals surface area contributed by atoms with E-state index >= 15 is 0 Å². The van der Waals surface area contributed by atoms with Crippen LogP contribution in [0.15, 0.2) is 18.2 Å². The maximum Gasteiger partial charge on any atom is 0.253 e. The monoisotopic (exact) mass is 298 g/mol. The standard InChI is InChI=1S/C14H18N2O3.ClH/c1-16(11-4-6-15-7-5-11)14(17)10-2-3-12-13(8-10)19-9-18-12;/h2-3,8,11,15H,4-7,9H2,1H3;1H. The van der Waals surface area contributed by atoms with Crippen LogP contribution in [0.1, 0.15) is 23.2 Å². The molecular formula is C14H19ClN2O3. The SMILES string of the molecule is CN(C(=O)c1ccc2c(c1)OCO2)C1CCNCC1.Cl. The van der Waals surface area contributed by atoms with E-state index in [4.69, 9.17) is 9.47 Å². The number of carbonyl (C=O) groups excluding carboxylic acids is 1. The fourth-order valence-electron chi connectivity index (χ4n) is 2.59. The van der Waals surface area contributed by atoms with Crippen LogP contribution in [0.2, 0.25) is 0 Å². The van der Waals surface area contributed by atoms with Gasteiger partial charge in [0.05, 0.1) is 0 Å². The van der Waals surface area contributed by atoms with Crippen LogP contribution in [0.4, 0.5) is 0 Å². The molecule has 3 rings (SSSR count). The molecule has 6 heteroatoms. The molecule has 2 aliphatic heterocycles. The van der Waals surface area contributed by atoms with E-state index in [1.54, 1.807) is 18.2 Å². The molecule has 0 saturated carbocycles. The van der Waals surface area contributed by atoms with Crippen molar-refractivity contribution in [3.05, 3.63) is 23.8 Å². The lowest BCUT2D eigenvalue weighted by Crippen LogP contribution is -2.43. The second-order valence-corrected chi connectivity index (χ2v) is 4.97. The van der Waals surface area contributed by atoms with Crippen molar-refractivity contribution in [1.82, 2.24) is 10.2 Å². The van der Waals surface area contributed by atoms with Crippen LogP contribution in [-0.2, 0) is 0 Å². The van der Waals surface area contributed by atoms with Crippen LogP contribution >= 0.6 is 12.4 Å². The molecule has 110 valence electrons. The van der Waals surface area contributed by atoms with Crippen LogP contribution in [-0.4, -0.2) is 43.8 Å². The van der Waals surface area contributed by atoms with Crippen molar-refractivity contribution in [3.63, 3.8) is 0 Å². The normalized spacial score (nSPS) is 17.4. The summed E-state index contributed by atoms with van der Waals surface area (Å²) in [5.41, 5.74) is 0.658. The highest BCUT2D eigenvalue weighted by atomic mass is 35.5. The highest BCUT2D eigenvalue weighted by molar-refractivity contribution is 5.95. The third kappa shape index (κ3) is 2.83. The molecule has 2 aliphatic rings. The zero-order chi connectivity index (χ0) is 13.2. The number of ether oxygens (including phenoxy) is 2. The Balaban J connectivity index is 0.00000147. The fourth-order valence-corrected chi connectivity index (χ4v) is 2.59. The lowest BCUT2D eigenvalue weighted by atomic mass is 10.0. The highest BCUT2D eigenvalue weighted by Crippen LogP contribution is 2.33. The van der Waals surface area contributed by atoms with Crippen LogP contribution in [0.3, 0.4) is 0 Å². The van der Waals surface area contributed by atoms with Crippen LogP contribution in [0.25, 0.3) is 0 Å². The molecule has 20 heavy (non-hydrogen) atoms. The van der Waals surface area contributed by atoms with Gasteiger partial charge in [0.1, 0.15) is 0 Å². The Morgan fingerprint density at radius 2 is 1.95 bits per heavy atom. The van der Waals surface area contributed by atoms with Gasteiger partial charge >= 0.3 is 0 Å². The predicted molar refractivity (Wildman–Crippen MR) is 77.8 cm³/mol. The molecule has 0 unspecified atom stereocenters. The van der Waals surface area contributed by atoms with E-state index in [9.17, 15) is 4.79 Å². The van der Waals surface area contributed by atoms with Crippen LogP contribution < -0.4 is 14.8 Å². The first-order chi connectivity index (χ1) is 9.25. The van der Waals surface area contributed by atoms with Gasteiger partial charge in [0.2, 0.25) is 6.79 Å². The molecule has 1 N–H and O–H groups in total.